The van der Waals surface area contributed by atoms with E-state index in [1.165, 1.54) is 122 Å². The molecule has 0 heterocycles. The van der Waals surface area contributed by atoms with Crippen molar-refractivity contribution < 1.29 is 25.2 Å². The molecular weight excluding hydrogens is 622 g/mol. The molecule has 1 amide bonds. The number of carbonyl (C=O) groups is 1. The molecule has 6 heteroatoms. The highest BCUT2D eigenvalue weighted by molar-refractivity contribution is 5.80. The topological polar surface area (TPSA) is 110 Å². The van der Waals surface area contributed by atoms with Crippen molar-refractivity contribution in [3.05, 3.63) is 36.5 Å². The second-order valence-corrected chi connectivity index (χ2v) is 14.7. The van der Waals surface area contributed by atoms with E-state index in [2.05, 4.69) is 55.6 Å². The van der Waals surface area contributed by atoms with Gasteiger partial charge < -0.3 is 25.7 Å². The molecule has 5 N–H and O–H groups in total. The number of hydrogen-bond acceptors (Lipinski definition) is 5. The molecule has 0 aliphatic heterocycles. The molecule has 0 radical (unpaired) electrons. The van der Waals surface area contributed by atoms with Gasteiger partial charge in [-0.2, -0.15) is 0 Å². The Morgan fingerprint density at radius 1 is 0.480 bits per heavy atom. The van der Waals surface area contributed by atoms with Gasteiger partial charge in [0.1, 0.15) is 12.2 Å². The van der Waals surface area contributed by atoms with E-state index in [0.717, 1.165) is 51.4 Å². The number of rotatable bonds is 38. The molecule has 0 rings (SSSR count). The first kappa shape index (κ1) is 48.5. The molecule has 294 valence electrons. The molecule has 0 aromatic rings. The smallest absolute Gasteiger partial charge is 0.249 e. The fraction of sp³-hybridized carbons (Fsp3) is 0.841. The van der Waals surface area contributed by atoms with Crippen molar-refractivity contribution in [2.24, 2.45) is 0 Å². The summed E-state index contributed by atoms with van der Waals surface area (Å²) >= 11 is 0. The Hall–Kier alpha value is -1.47. The van der Waals surface area contributed by atoms with Crippen LogP contribution in [0, 0.1) is 0 Å². The van der Waals surface area contributed by atoms with Crippen LogP contribution in [0.2, 0.25) is 0 Å². The van der Waals surface area contributed by atoms with Crippen LogP contribution < -0.4 is 5.32 Å². The number of unbranched alkanes of at least 4 members (excludes halogenated alkanes) is 23. The maximum atomic E-state index is 12.5. The van der Waals surface area contributed by atoms with Crippen molar-refractivity contribution in [2.75, 3.05) is 6.61 Å². The van der Waals surface area contributed by atoms with E-state index in [0.29, 0.717) is 19.3 Å². The number of aliphatic hydroxyl groups excluding tert-OH is 4. The molecule has 0 saturated heterocycles. The lowest BCUT2D eigenvalue weighted by atomic mass is 10.00. The number of nitrogens with one attached hydrogen (secondary N) is 1. The standard InChI is InChI=1S/C44H83NO5/c1-3-5-7-9-11-13-15-17-19-21-23-25-27-29-31-33-35-37-41(47)43(49)40(39-46)45-44(50)42(48)38-36-34-32-30-28-26-24-22-20-18-16-14-12-10-8-6-4-2/h21,23-24,26,29,31,40-43,46-49H,3-20,22,25,27-28,30,32-39H2,1-2H3,(H,45,50)/b23-21+,26-24-,31-29+. The lowest BCUT2D eigenvalue weighted by molar-refractivity contribution is -0.132. The minimum absolute atomic E-state index is 0.346. The van der Waals surface area contributed by atoms with Crippen molar-refractivity contribution in [3.63, 3.8) is 0 Å². The molecular formula is C44H83NO5. The lowest BCUT2D eigenvalue weighted by Gasteiger charge is -2.27. The fourth-order valence-electron chi connectivity index (χ4n) is 6.35. The van der Waals surface area contributed by atoms with Crippen LogP contribution >= 0.6 is 0 Å². The SMILES string of the molecule is CCCCCCCCCC/C=C/CC/C=C/CCCC(O)C(O)C(CO)NC(=O)C(O)CCCCCC/C=C\CCCCCCCCCCC. The molecule has 0 aliphatic rings. The van der Waals surface area contributed by atoms with Crippen LogP contribution in [0.25, 0.3) is 0 Å². The second-order valence-electron chi connectivity index (χ2n) is 14.7. The zero-order valence-corrected chi connectivity index (χ0v) is 32.9. The van der Waals surface area contributed by atoms with Crippen LogP contribution in [0.5, 0.6) is 0 Å². The first-order chi connectivity index (χ1) is 24.5. The summed E-state index contributed by atoms with van der Waals surface area (Å²) in [5.41, 5.74) is 0. The number of hydrogen-bond donors (Lipinski definition) is 5. The highest BCUT2D eigenvalue weighted by atomic mass is 16.3. The van der Waals surface area contributed by atoms with Crippen molar-refractivity contribution in [1.82, 2.24) is 5.32 Å². The normalized spacial score (nSPS) is 14.6. The van der Waals surface area contributed by atoms with Gasteiger partial charge in [-0.1, -0.05) is 166 Å². The number of amides is 1. The van der Waals surface area contributed by atoms with Crippen LogP contribution in [0.4, 0.5) is 0 Å². The summed E-state index contributed by atoms with van der Waals surface area (Å²) in [6.07, 6.45) is 44.5. The van der Waals surface area contributed by atoms with Crippen molar-refractivity contribution in [3.8, 4) is 0 Å². The molecule has 0 aromatic heterocycles. The molecule has 4 unspecified atom stereocenters. The molecule has 0 bridgehead atoms. The Kier molecular flexibility index (Phi) is 37.6. The van der Waals surface area contributed by atoms with Crippen LogP contribution in [0.3, 0.4) is 0 Å². The van der Waals surface area contributed by atoms with E-state index in [1.54, 1.807) is 0 Å². The van der Waals surface area contributed by atoms with Crippen LogP contribution in [0.1, 0.15) is 206 Å². The summed E-state index contributed by atoms with van der Waals surface area (Å²) < 4.78 is 0. The van der Waals surface area contributed by atoms with E-state index >= 15 is 0 Å². The Balaban J connectivity index is 3.85. The van der Waals surface area contributed by atoms with Gasteiger partial charge in [-0.3, -0.25) is 4.79 Å². The summed E-state index contributed by atoms with van der Waals surface area (Å²) in [6.45, 7) is 4.02. The highest BCUT2D eigenvalue weighted by Gasteiger charge is 2.28. The van der Waals surface area contributed by atoms with E-state index in [1.807, 2.05) is 0 Å². The number of aliphatic hydroxyl groups is 4. The largest absolute Gasteiger partial charge is 0.394 e. The molecule has 0 saturated carbocycles. The Bertz CT molecular complexity index is 797. The van der Waals surface area contributed by atoms with Gasteiger partial charge >= 0.3 is 0 Å². The Morgan fingerprint density at radius 3 is 1.26 bits per heavy atom. The summed E-state index contributed by atoms with van der Waals surface area (Å²) in [5, 5.41) is 43.6. The van der Waals surface area contributed by atoms with Gasteiger partial charge in [0.15, 0.2) is 0 Å². The van der Waals surface area contributed by atoms with E-state index in [9.17, 15) is 25.2 Å². The molecule has 4 atom stereocenters. The molecule has 50 heavy (non-hydrogen) atoms. The Morgan fingerprint density at radius 2 is 0.840 bits per heavy atom. The maximum absolute atomic E-state index is 12.5. The van der Waals surface area contributed by atoms with E-state index in [4.69, 9.17) is 0 Å². The third-order valence-corrected chi connectivity index (χ3v) is 9.80. The molecule has 0 spiro atoms. The monoisotopic (exact) mass is 706 g/mol. The van der Waals surface area contributed by atoms with E-state index < -0.39 is 36.9 Å². The van der Waals surface area contributed by atoms with Gasteiger partial charge in [0, 0.05) is 0 Å². The average Bonchev–Trinajstić information content (AvgIpc) is 3.12. The average molecular weight is 706 g/mol. The van der Waals surface area contributed by atoms with Gasteiger partial charge in [-0.15, -0.1) is 0 Å². The molecule has 0 fully saturated rings. The van der Waals surface area contributed by atoms with Crippen LogP contribution in [-0.2, 0) is 4.79 Å². The zero-order valence-electron chi connectivity index (χ0n) is 32.9. The molecule has 0 aromatic carbocycles. The first-order valence-corrected chi connectivity index (χ1v) is 21.4. The van der Waals surface area contributed by atoms with Crippen LogP contribution in [0.15, 0.2) is 36.5 Å². The summed E-state index contributed by atoms with van der Waals surface area (Å²) in [4.78, 5) is 12.5. The third kappa shape index (κ3) is 32.4. The Labute approximate surface area is 309 Å². The number of carbonyl (C=O) groups excluding carboxylic acids is 1. The second kappa shape index (κ2) is 38.8. The lowest BCUT2D eigenvalue weighted by Crippen LogP contribution is -2.53. The van der Waals surface area contributed by atoms with Gasteiger partial charge in [0.2, 0.25) is 5.91 Å². The van der Waals surface area contributed by atoms with Gasteiger partial charge in [-0.25, -0.2) is 0 Å². The summed E-state index contributed by atoms with van der Waals surface area (Å²) in [6, 6.07) is -1.01. The quantitative estimate of drug-likeness (QED) is 0.0324. The van der Waals surface area contributed by atoms with Gasteiger partial charge in [-0.05, 0) is 77.0 Å². The first-order valence-electron chi connectivity index (χ1n) is 21.4. The van der Waals surface area contributed by atoms with Crippen molar-refractivity contribution in [2.45, 2.75) is 231 Å². The van der Waals surface area contributed by atoms with Crippen molar-refractivity contribution >= 4 is 5.91 Å². The fourth-order valence-corrected chi connectivity index (χ4v) is 6.35. The van der Waals surface area contributed by atoms with Gasteiger partial charge in [0.05, 0.1) is 18.8 Å². The van der Waals surface area contributed by atoms with Crippen molar-refractivity contribution in [1.29, 1.82) is 0 Å². The molecule has 0 aliphatic carbocycles. The zero-order chi connectivity index (χ0) is 36.8. The maximum Gasteiger partial charge on any atom is 0.249 e. The summed E-state index contributed by atoms with van der Waals surface area (Å²) in [5.74, 6) is -0.607. The highest BCUT2D eigenvalue weighted by Crippen LogP contribution is 2.14. The summed E-state index contributed by atoms with van der Waals surface area (Å²) in [7, 11) is 0. The third-order valence-electron chi connectivity index (χ3n) is 9.80. The minimum atomic E-state index is -1.29. The van der Waals surface area contributed by atoms with Crippen LogP contribution in [-0.4, -0.2) is 57.3 Å². The van der Waals surface area contributed by atoms with E-state index in [-0.39, 0.29) is 0 Å². The predicted octanol–water partition coefficient (Wildman–Crippen LogP) is 11.0. The van der Waals surface area contributed by atoms with Gasteiger partial charge in [0.25, 0.3) is 0 Å². The molecule has 6 nitrogen and oxygen atoms in total. The predicted molar refractivity (Wildman–Crippen MR) is 214 cm³/mol. The minimum Gasteiger partial charge on any atom is -0.394 e. The number of allylic oxidation sites excluding steroid dienone is 6.